The zero-order valence-corrected chi connectivity index (χ0v) is 14.0. The highest BCUT2D eigenvalue weighted by Crippen LogP contribution is 2.70. The molecule has 0 aromatic rings. The molecule has 4 bridgehead atoms. The summed E-state index contributed by atoms with van der Waals surface area (Å²) >= 11 is 0. The summed E-state index contributed by atoms with van der Waals surface area (Å²) in [7, 11) is 0. The standard InChI is InChI=1S/C18H32N2O/c1-4-14(9-19)20-15(21)8-18-7-13-5-16(2,11-18)10-17(3,6-13)12-18/h13-14H,4-12,19H2,1-3H3,(H,20,21). The monoisotopic (exact) mass is 292 g/mol. The Morgan fingerprint density at radius 3 is 2.29 bits per heavy atom. The third kappa shape index (κ3) is 2.86. The molecule has 0 radical (unpaired) electrons. The first-order valence-electron chi connectivity index (χ1n) is 8.79. The Morgan fingerprint density at radius 2 is 1.81 bits per heavy atom. The van der Waals surface area contributed by atoms with Gasteiger partial charge in [-0.25, -0.2) is 0 Å². The first-order valence-corrected chi connectivity index (χ1v) is 8.79. The molecule has 3 atom stereocenters. The Balaban J connectivity index is 1.71. The van der Waals surface area contributed by atoms with Gasteiger partial charge >= 0.3 is 0 Å². The molecule has 0 aliphatic heterocycles. The molecule has 0 aromatic heterocycles. The Kier molecular flexibility index (Phi) is 3.63. The van der Waals surface area contributed by atoms with Crippen LogP contribution in [0.1, 0.15) is 72.1 Å². The van der Waals surface area contributed by atoms with Gasteiger partial charge in [0.15, 0.2) is 0 Å². The van der Waals surface area contributed by atoms with Crippen molar-refractivity contribution >= 4 is 5.91 Å². The van der Waals surface area contributed by atoms with Gasteiger partial charge in [0.05, 0.1) is 0 Å². The van der Waals surface area contributed by atoms with Crippen molar-refractivity contribution in [1.82, 2.24) is 5.32 Å². The summed E-state index contributed by atoms with van der Waals surface area (Å²) in [6.07, 6.45) is 9.63. The SMILES string of the molecule is CCC(CN)NC(=O)CC12CC3CC(C)(CC(C)(C3)C1)C2. The molecule has 0 aromatic carbocycles. The number of amides is 1. The predicted molar refractivity (Wildman–Crippen MR) is 85.7 cm³/mol. The molecule has 3 heteroatoms. The van der Waals surface area contributed by atoms with E-state index in [0.717, 1.165) is 18.8 Å². The molecule has 4 fully saturated rings. The van der Waals surface area contributed by atoms with Gasteiger partial charge in [-0.15, -0.1) is 0 Å². The lowest BCUT2D eigenvalue weighted by molar-refractivity contribution is -0.156. The van der Waals surface area contributed by atoms with E-state index in [4.69, 9.17) is 5.73 Å². The van der Waals surface area contributed by atoms with Crippen LogP contribution < -0.4 is 11.1 Å². The van der Waals surface area contributed by atoms with E-state index in [9.17, 15) is 4.79 Å². The van der Waals surface area contributed by atoms with Crippen LogP contribution in [0.25, 0.3) is 0 Å². The number of nitrogens with one attached hydrogen (secondary N) is 1. The van der Waals surface area contributed by atoms with Gasteiger partial charge in [-0.3, -0.25) is 4.79 Å². The molecule has 4 saturated carbocycles. The molecule has 4 rings (SSSR count). The van der Waals surface area contributed by atoms with E-state index in [2.05, 4.69) is 26.1 Å². The van der Waals surface area contributed by atoms with E-state index in [0.29, 0.717) is 17.4 Å². The van der Waals surface area contributed by atoms with Gasteiger partial charge in [0.25, 0.3) is 0 Å². The van der Waals surface area contributed by atoms with Crippen molar-refractivity contribution < 1.29 is 4.79 Å². The number of carbonyl (C=O) groups excluding carboxylic acids is 1. The molecule has 3 unspecified atom stereocenters. The van der Waals surface area contributed by atoms with Gasteiger partial charge in [0.2, 0.25) is 5.91 Å². The Labute approximate surface area is 129 Å². The molecule has 0 heterocycles. The summed E-state index contributed by atoms with van der Waals surface area (Å²) in [5.41, 5.74) is 6.98. The summed E-state index contributed by atoms with van der Waals surface area (Å²) in [5.74, 6) is 1.10. The smallest absolute Gasteiger partial charge is 0.220 e. The minimum absolute atomic E-state index is 0.151. The number of rotatable bonds is 5. The van der Waals surface area contributed by atoms with Crippen LogP contribution >= 0.6 is 0 Å². The first-order chi connectivity index (χ1) is 9.79. The molecule has 3 nitrogen and oxygen atoms in total. The second-order valence-corrected chi connectivity index (χ2v) is 9.22. The van der Waals surface area contributed by atoms with Crippen molar-refractivity contribution in [3.8, 4) is 0 Å². The molecule has 0 saturated heterocycles. The Hall–Kier alpha value is -0.570. The second kappa shape index (κ2) is 4.97. The van der Waals surface area contributed by atoms with Crippen LogP contribution in [0.2, 0.25) is 0 Å². The zero-order valence-electron chi connectivity index (χ0n) is 14.0. The van der Waals surface area contributed by atoms with Gasteiger partial charge in [-0.1, -0.05) is 20.8 Å². The minimum atomic E-state index is 0.151. The van der Waals surface area contributed by atoms with E-state index in [1.165, 1.54) is 38.5 Å². The molecule has 3 N–H and O–H groups in total. The zero-order chi connectivity index (χ0) is 15.3. The lowest BCUT2D eigenvalue weighted by atomic mass is 9.40. The van der Waals surface area contributed by atoms with Crippen molar-refractivity contribution in [2.75, 3.05) is 6.54 Å². The highest BCUT2D eigenvalue weighted by molar-refractivity contribution is 5.77. The molecule has 120 valence electrons. The van der Waals surface area contributed by atoms with E-state index >= 15 is 0 Å². The number of hydrogen-bond donors (Lipinski definition) is 2. The predicted octanol–water partition coefficient (Wildman–Crippen LogP) is 3.23. The van der Waals surface area contributed by atoms with Gasteiger partial charge in [-0.05, 0) is 67.1 Å². The van der Waals surface area contributed by atoms with Crippen LogP contribution in [0, 0.1) is 22.2 Å². The Morgan fingerprint density at radius 1 is 1.19 bits per heavy atom. The maximum absolute atomic E-state index is 12.5. The largest absolute Gasteiger partial charge is 0.352 e. The number of hydrogen-bond acceptors (Lipinski definition) is 2. The van der Waals surface area contributed by atoms with E-state index in [1.54, 1.807) is 0 Å². The lowest BCUT2D eigenvalue weighted by Gasteiger charge is -2.65. The number of nitrogens with two attached hydrogens (primary N) is 1. The van der Waals surface area contributed by atoms with Crippen molar-refractivity contribution in [2.45, 2.75) is 78.2 Å². The summed E-state index contributed by atoms with van der Waals surface area (Å²) in [6, 6.07) is 0.151. The van der Waals surface area contributed by atoms with Crippen molar-refractivity contribution in [2.24, 2.45) is 27.9 Å². The van der Waals surface area contributed by atoms with Crippen LogP contribution in [0.5, 0.6) is 0 Å². The Bertz CT molecular complexity index is 411. The summed E-state index contributed by atoms with van der Waals surface area (Å²) in [4.78, 5) is 12.5. The summed E-state index contributed by atoms with van der Waals surface area (Å²) < 4.78 is 0. The topological polar surface area (TPSA) is 55.1 Å². The van der Waals surface area contributed by atoms with Crippen LogP contribution in [0.4, 0.5) is 0 Å². The average molecular weight is 292 g/mol. The maximum Gasteiger partial charge on any atom is 0.220 e. The van der Waals surface area contributed by atoms with Crippen LogP contribution in [0.15, 0.2) is 0 Å². The average Bonchev–Trinajstić information content (AvgIpc) is 2.30. The number of carbonyl (C=O) groups is 1. The van der Waals surface area contributed by atoms with Crippen LogP contribution in [-0.4, -0.2) is 18.5 Å². The molecule has 21 heavy (non-hydrogen) atoms. The van der Waals surface area contributed by atoms with E-state index in [1.807, 2.05) is 0 Å². The van der Waals surface area contributed by atoms with Crippen LogP contribution in [0.3, 0.4) is 0 Å². The van der Waals surface area contributed by atoms with E-state index < -0.39 is 0 Å². The van der Waals surface area contributed by atoms with Crippen molar-refractivity contribution in [1.29, 1.82) is 0 Å². The molecule has 0 spiro atoms. The normalized spacial score (nSPS) is 45.6. The molecular formula is C18H32N2O. The molecule has 1 amide bonds. The molecular weight excluding hydrogens is 260 g/mol. The van der Waals surface area contributed by atoms with Crippen molar-refractivity contribution in [3.05, 3.63) is 0 Å². The maximum atomic E-state index is 12.5. The van der Waals surface area contributed by atoms with Gasteiger partial charge in [0.1, 0.15) is 0 Å². The fraction of sp³-hybridized carbons (Fsp3) is 0.944. The van der Waals surface area contributed by atoms with Crippen molar-refractivity contribution in [3.63, 3.8) is 0 Å². The minimum Gasteiger partial charge on any atom is -0.352 e. The second-order valence-electron chi connectivity index (χ2n) is 9.22. The van der Waals surface area contributed by atoms with E-state index in [-0.39, 0.29) is 17.4 Å². The highest BCUT2D eigenvalue weighted by Gasteiger charge is 2.60. The first kappa shape index (κ1) is 15.3. The lowest BCUT2D eigenvalue weighted by Crippen LogP contribution is -2.56. The third-order valence-electron chi connectivity index (χ3n) is 6.42. The third-order valence-corrected chi connectivity index (χ3v) is 6.42. The van der Waals surface area contributed by atoms with Crippen LogP contribution in [-0.2, 0) is 4.79 Å². The van der Waals surface area contributed by atoms with Gasteiger partial charge in [-0.2, -0.15) is 0 Å². The molecule has 4 aliphatic carbocycles. The highest BCUT2D eigenvalue weighted by atomic mass is 16.1. The summed E-state index contributed by atoms with van der Waals surface area (Å²) in [6.45, 7) is 7.58. The quantitative estimate of drug-likeness (QED) is 0.817. The summed E-state index contributed by atoms with van der Waals surface area (Å²) in [5, 5.41) is 3.15. The molecule has 4 aliphatic rings. The fourth-order valence-corrected chi connectivity index (χ4v) is 6.83. The fourth-order valence-electron chi connectivity index (χ4n) is 6.83. The van der Waals surface area contributed by atoms with Gasteiger partial charge < -0.3 is 11.1 Å². The van der Waals surface area contributed by atoms with Gasteiger partial charge in [0, 0.05) is 19.0 Å².